The normalized spacial score (nSPS) is 14.3. The number of nitrogens with zero attached hydrogens (tertiary/aromatic N) is 1. The van der Waals surface area contributed by atoms with Crippen LogP contribution >= 0.6 is 0 Å². The molecule has 132 valence electrons. The van der Waals surface area contributed by atoms with Gasteiger partial charge in [0.05, 0.1) is 4.90 Å². The minimum Gasteiger partial charge on any atom is -0.294 e. The van der Waals surface area contributed by atoms with Gasteiger partial charge in [0.15, 0.2) is 5.78 Å². The zero-order chi connectivity index (χ0) is 18.3. The third-order valence-electron chi connectivity index (χ3n) is 4.83. The van der Waals surface area contributed by atoms with Crippen molar-refractivity contribution < 1.29 is 13.2 Å². The number of benzene rings is 2. The first-order chi connectivity index (χ1) is 12.5. The van der Waals surface area contributed by atoms with Crippen LogP contribution in [0.2, 0.25) is 0 Å². The van der Waals surface area contributed by atoms with Gasteiger partial charge in [-0.05, 0) is 37.5 Å². The molecule has 0 atom stereocenters. The first kappa shape index (κ1) is 16.8. The van der Waals surface area contributed by atoms with Crippen molar-refractivity contribution in [1.82, 2.24) is 3.97 Å². The Kier molecular flexibility index (Phi) is 4.04. The summed E-state index contributed by atoms with van der Waals surface area (Å²) in [6, 6.07) is 16.3. The van der Waals surface area contributed by atoms with Gasteiger partial charge in [-0.3, -0.25) is 4.79 Å². The standard InChI is InChI=1S/C21H19NO3S/c1-15-10-12-17(13-11-15)26(24,25)22-14-18(16-6-3-2-4-7-16)21-19(22)8-5-9-20(21)23/h2-4,6-7,10-14H,5,8-9H2,1H3. The summed E-state index contributed by atoms with van der Waals surface area (Å²) in [7, 11) is -3.74. The van der Waals surface area contributed by atoms with Crippen molar-refractivity contribution in [2.45, 2.75) is 31.1 Å². The Hall–Kier alpha value is -2.66. The van der Waals surface area contributed by atoms with Crippen LogP contribution in [0.1, 0.15) is 34.5 Å². The zero-order valence-electron chi connectivity index (χ0n) is 14.5. The molecule has 1 aliphatic rings. The van der Waals surface area contributed by atoms with E-state index in [1.54, 1.807) is 30.5 Å². The fourth-order valence-corrected chi connectivity index (χ4v) is 4.91. The van der Waals surface area contributed by atoms with Gasteiger partial charge in [0, 0.05) is 29.4 Å². The number of aromatic nitrogens is 1. The molecule has 1 heterocycles. The van der Waals surface area contributed by atoms with E-state index in [1.165, 1.54) is 3.97 Å². The van der Waals surface area contributed by atoms with Gasteiger partial charge < -0.3 is 0 Å². The molecule has 0 saturated carbocycles. The van der Waals surface area contributed by atoms with Crippen molar-refractivity contribution >= 4 is 15.8 Å². The first-order valence-electron chi connectivity index (χ1n) is 8.63. The summed E-state index contributed by atoms with van der Waals surface area (Å²) in [6.45, 7) is 1.92. The molecule has 1 aliphatic carbocycles. The highest BCUT2D eigenvalue weighted by Gasteiger charge is 2.30. The fourth-order valence-electron chi connectivity index (χ4n) is 3.49. The maximum atomic E-state index is 13.2. The number of fused-ring (bicyclic) bond motifs is 1. The molecule has 0 fully saturated rings. The lowest BCUT2D eigenvalue weighted by molar-refractivity contribution is 0.0973. The topological polar surface area (TPSA) is 56.1 Å². The second-order valence-electron chi connectivity index (χ2n) is 6.62. The van der Waals surface area contributed by atoms with Gasteiger partial charge in [-0.25, -0.2) is 12.4 Å². The molecule has 3 aromatic rings. The summed E-state index contributed by atoms with van der Waals surface area (Å²) in [5, 5.41) is 0. The number of hydrogen-bond acceptors (Lipinski definition) is 3. The van der Waals surface area contributed by atoms with Crippen LogP contribution in [0.3, 0.4) is 0 Å². The van der Waals surface area contributed by atoms with Crippen LogP contribution in [0.4, 0.5) is 0 Å². The van der Waals surface area contributed by atoms with Crippen LogP contribution in [0.5, 0.6) is 0 Å². The first-order valence-corrected chi connectivity index (χ1v) is 10.1. The number of aryl methyl sites for hydroxylation is 1. The lowest BCUT2D eigenvalue weighted by Gasteiger charge is -2.15. The largest absolute Gasteiger partial charge is 0.294 e. The minimum absolute atomic E-state index is 0.0166. The molecule has 4 rings (SSSR count). The Labute approximate surface area is 153 Å². The van der Waals surface area contributed by atoms with Crippen molar-refractivity contribution in [1.29, 1.82) is 0 Å². The van der Waals surface area contributed by atoms with E-state index in [-0.39, 0.29) is 10.7 Å². The number of ketones is 1. The second-order valence-corrected chi connectivity index (χ2v) is 8.44. The van der Waals surface area contributed by atoms with Crippen molar-refractivity contribution in [3.63, 3.8) is 0 Å². The number of carbonyl (C=O) groups is 1. The van der Waals surface area contributed by atoms with Gasteiger partial charge in [-0.1, -0.05) is 48.0 Å². The average molecular weight is 365 g/mol. The van der Waals surface area contributed by atoms with Crippen LogP contribution in [0, 0.1) is 6.92 Å². The van der Waals surface area contributed by atoms with Gasteiger partial charge in [0.25, 0.3) is 10.0 Å². The quantitative estimate of drug-likeness (QED) is 0.698. The van der Waals surface area contributed by atoms with Crippen LogP contribution < -0.4 is 0 Å². The molecule has 0 aliphatic heterocycles. The molecule has 0 unspecified atom stereocenters. The predicted octanol–water partition coefficient (Wildman–Crippen LogP) is 4.22. The van der Waals surface area contributed by atoms with Crippen molar-refractivity contribution in [3.8, 4) is 11.1 Å². The molecule has 0 bridgehead atoms. The highest BCUT2D eigenvalue weighted by atomic mass is 32.2. The van der Waals surface area contributed by atoms with E-state index < -0.39 is 10.0 Å². The Morgan fingerprint density at radius 2 is 1.62 bits per heavy atom. The second kappa shape index (κ2) is 6.25. The average Bonchev–Trinajstić information content (AvgIpc) is 3.05. The van der Waals surface area contributed by atoms with Crippen LogP contribution in [0.25, 0.3) is 11.1 Å². The zero-order valence-corrected chi connectivity index (χ0v) is 15.3. The lowest BCUT2D eigenvalue weighted by Crippen LogP contribution is -2.19. The van der Waals surface area contributed by atoms with Gasteiger partial charge >= 0.3 is 0 Å². The fraction of sp³-hybridized carbons (Fsp3) is 0.190. The molecular formula is C21H19NO3S. The predicted molar refractivity (Wildman–Crippen MR) is 101 cm³/mol. The summed E-state index contributed by atoms with van der Waals surface area (Å²) >= 11 is 0. The van der Waals surface area contributed by atoms with Gasteiger partial charge in [-0.15, -0.1) is 0 Å². The Balaban J connectivity index is 1.95. The molecule has 0 saturated heterocycles. The SMILES string of the molecule is Cc1ccc(S(=O)(=O)n2cc(-c3ccccc3)c3c2CCCC3=O)cc1. The molecule has 4 nitrogen and oxygen atoms in total. The smallest absolute Gasteiger partial charge is 0.267 e. The number of carbonyl (C=O) groups excluding carboxylic acids is 1. The van der Waals surface area contributed by atoms with Gasteiger partial charge in [-0.2, -0.15) is 0 Å². The summed E-state index contributed by atoms with van der Waals surface area (Å²) < 4.78 is 27.8. The van der Waals surface area contributed by atoms with E-state index >= 15 is 0 Å². The lowest BCUT2D eigenvalue weighted by atomic mass is 9.91. The Bertz CT molecular complexity index is 1080. The van der Waals surface area contributed by atoms with Crippen LogP contribution in [-0.2, 0) is 16.4 Å². The number of rotatable bonds is 3. The highest BCUT2D eigenvalue weighted by Crippen LogP contribution is 2.35. The van der Waals surface area contributed by atoms with E-state index in [2.05, 4.69) is 0 Å². The molecule has 0 amide bonds. The molecular weight excluding hydrogens is 346 g/mol. The Morgan fingerprint density at radius 3 is 2.31 bits per heavy atom. The molecule has 5 heteroatoms. The summed E-state index contributed by atoms with van der Waals surface area (Å²) in [6.07, 6.45) is 3.33. The monoisotopic (exact) mass is 365 g/mol. The molecule has 26 heavy (non-hydrogen) atoms. The summed E-state index contributed by atoms with van der Waals surface area (Å²) in [5.74, 6) is 0.0166. The molecule has 0 radical (unpaired) electrons. The Morgan fingerprint density at radius 1 is 0.923 bits per heavy atom. The molecule has 1 aromatic heterocycles. The molecule has 0 spiro atoms. The van der Waals surface area contributed by atoms with E-state index in [0.717, 1.165) is 11.1 Å². The maximum Gasteiger partial charge on any atom is 0.267 e. The number of Topliss-reactive ketones (excluding diaryl/α,β-unsaturated/α-hetero) is 1. The van der Waals surface area contributed by atoms with E-state index in [1.807, 2.05) is 37.3 Å². The number of hydrogen-bond donors (Lipinski definition) is 0. The summed E-state index contributed by atoms with van der Waals surface area (Å²) in [5.41, 5.74) is 3.70. The van der Waals surface area contributed by atoms with Crippen molar-refractivity contribution in [2.24, 2.45) is 0 Å². The third-order valence-corrected chi connectivity index (χ3v) is 6.54. The van der Waals surface area contributed by atoms with Crippen LogP contribution in [-0.4, -0.2) is 18.2 Å². The maximum absolute atomic E-state index is 13.2. The molecule has 2 aromatic carbocycles. The van der Waals surface area contributed by atoms with E-state index in [9.17, 15) is 13.2 Å². The third kappa shape index (κ3) is 2.69. The van der Waals surface area contributed by atoms with Crippen molar-refractivity contribution in [3.05, 3.63) is 77.6 Å². The van der Waals surface area contributed by atoms with Gasteiger partial charge in [0.2, 0.25) is 0 Å². The van der Waals surface area contributed by atoms with Crippen LogP contribution in [0.15, 0.2) is 65.7 Å². The van der Waals surface area contributed by atoms with Gasteiger partial charge in [0.1, 0.15) is 0 Å². The van der Waals surface area contributed by atoms with E-state index in [4.69, 9.17) is 0 Å². The highest BCUT2D eigenvalue weighted by molar-refractivity contribution is 7.90. The molecule has 0 N–H and O–H groups in total. The minimum atomic E-state index is -3.74. The summed E-state index contributed by atoms with van der Waals surface area (Å²) in [4.78, 5) is 12.8. The van der Waals surface area contributed by atoms with Crippen molar-refractivity contribution in [2.75, 3.05) is 0 Å². The van der Waals surface area contributed by atoms with E-state index in [0.29, 0.717) is 36.1 Å².